The number of imidazole rings is 1. The summed E-state index contributed by atoms with van der Waals surface area (Å²) in [6.45, 7) is 0. The van der Waals surface area contributed by atoms with Crippen LogP contribution in [0.1, 0.15) is 25.3 Å². The maximum Gasteiger partial charge on any atom is 0.326 e. The number of nitrogens with one attached hydrogen (secondary N) is 1. The molecule has 1 aliphatic rings. The van der Waals surface area contributed by atoms with E-state index in [-0.39, 0.29) is 23.7 Å². The van der Waals surface area contributed by atoms with Gasteiger partial charge in [0.25, 0.3) is 0 Å². The lowest BCUT2D eigenvalue weighted by Crippen LogP contribution is -2.21. The van der Waals surface area contributed by atoms with Crippen LogP contribution >= 0.6 is 15.9 Å². The number of rotatable bonds is 1. The molecule has 0 spiro atoms. The van der Waals surface area contributed by atoms with Crippen molar-refractivity contribution in [2.24, 2.45) is 0 Å². The number of hydrogen-bond donors (Lipinski definition) is 2. The Hall–Kier alpha value is -1.73. The van der Waals surface area contributed by atoms with Gasteiger partial charge in [-0.05, 0) is 41.3 Å². The van der Waals surface area contributed by atoms with Crippen molar-refractivity contribution in [3.05, 3.63) is 39.1 Å². The molecule has 1 saturated carbocycles. The van der Waals surface area contributed by atoms with E-state index in [4.69, 9.17) is 0 Å². The zero-order valence-electron chi connectivity index (χ0n) is 11.5. The summed E-state index contributed by atoms with van der Waals surface area (Å²) in [4.78, 5) is 19.4. The fourth-order valence-electron chi connectivity index (χ4n) is 3.32. The third-order valence-corrected chi connectivity index (χ3v) is 4.93. The Morgan fingerprint density at radius 2 is 2.23 bits per heavy atom. The van der Waals surface area contributed by atoms with E-state index in [1.165, 1.54) is 6.07 Å². The van der Waals surface area contributed by atoms with Gasteiger partial charge in [0.2, 0.25) is 0 Å². The number of aliphatic hydroxyl groups is 1. The number of halogens is 2. The molecule has 2 atom stereocenters. The first kappa shape index (κ1) is 13.9. The van der Waals surface area contributed by atoms with Gasteiger partial charge in [-0.25, -0.2) is 9.18 Å². The van der Waals surface area contributed by atoms with Gasteiger partial charge >= 0.3 is 5.69 Å². The van der Waals surface area contributed by atoms with Crippen molar-refractivity contribution in [3.8, 4) is 0 Å². The van der Waals surface area contributed by atoms with Gasteiger partial charge in [0.15, 0.2) is 0 Å². The van der Waals surface area contributed by atoms with E-state index in [1.807, 2.05) is 0 Å². The summed E-state index contributed by atoms with van der Waals surface area (Å²) in [5, 5.41) is 10.5. The zero-order chi connectivity index (χ0) is 15.4. The van der Waals surface area contributed by atoms with Crippen LogP contribution in [0.2, 0.25) is 0 Å². The molecule has 7 heteroatoms. The molecule has 0 radical (unpaired) electrons. The largest absolute Gasteiger partial charge is 0.393 e. The molecule has 0 bridgehead atoms. The minimum atomic E-state index is -0.389. The highest BCUT2D eigenvalue weighted by molar-refractivity contribution is 9.10. The van der Waals surface area contributed by atoms with Crippen molar-refractivity contribution in [1.29, 1.82) is 0 Å². The summed E-state index contributed by atoms with van der Waals surface area (Å²) < 4.78 is 15.7. The summed E-state index contributed by atoms with van der Waals surface area (Å²) in [5.41, 5.74) is 1.62. The first-order valence-corrected chi connectivity index (χ1v) is 7.90. The topological polar surface area (TPSA) is 70.9 Å². The molecule has 3 aromatic rings. The van der Waals surface area contributed by atoms with E-state index in [2.05, 4.69) is 25.9 Å². The fourth-order valence-corrected chi connectivity index (χ4v) is 3.66. The minimum absolute atomic E-state index is 0.0503. The van der Waals surface area contributed by atoms with E-state index in [0.717, 1.165) is 11.9 Å². The quantitative estimate of drug-likeness (QED) is 0.696. The van der Waals surface area contributed by atoms with Crippen LogP contribution in [0.5, 0.6) is 0 Å². The number of nitrogens with zero attached hydrogens (tertiary/aromatic N) is 2. The number of H-pyrrole nitrogens is 1. The van der Waals surface area contributed by atoms with Crippen molar-refractivity contribution in [2.45, 2.75) is 31.4 Å². The second-order valence-electron chi connectivity index (χ2n) is 5.72. The molecule has 5 nitrogen and oxygen atoms in total. The summed E-state index contributed by atoms with van der Waals surface area (Å²) in [5.74, 6) is -0.389. The van der Waals surface area contributed by atoms with Gasteiger partial charge in [-0.2, -0.15) is 0 Å². The molecule has 0 saturated heterocycles. The smallest absolute Gasteiger partial charge is 0.326 e. The Balaban J connectivity index is 2.07. The Bertz CT molecular complexity index is 949. The van der Waals surface area contributed by atoms with E-state index in [1.54, 1.807) is 16.8 Å². The first-order valence-electron chi connectivity index (χ1n) is 7.10. The van der Waals surface area contributed by atoms with Crippen LogP contribution in [0.15, 0.2) is 27.6 Å². The van der Waals surface area contributed by atoms with Gasteiger partial charge in [0, 0.05) is 17.5 Å². The van der Waals surface area contributed by atoms with Crippen molar-refractivity contribution >= 4 is 37.9 Å². The molecule has 0 unspecified atom stereocenters. The molecule has 22 heavy (non-hydrogen) atoms. The van der Waals surface area contributed by atoms with Gasteiger partial charge in [-0.15, -0.1) is 0 Å². The summed E-state index contributed by atoms with van der Waals surface area (Å²) in [7, 11) is 0. The van der Waals surface area contributed by atoms with Gasteiger partial charge in [-0.1, -0.05) is 0 Å². The normalized spacial score (nSPS) is 22.0. The first-order chi connectivity index (χ1) is 10.5. The molecule has 1 aliphatic carbocycles. The van der Waals surface area contributed by atoms with Crippen LogP contribution in [0, 0.1) is 5.82 Å². The van der Waals surface area contributed by atoms with Crippen molar-refractivity contribution in [1.82, 2.24) is 14.5 Å². The summed E-state index contributed by atoms with van der Waals surface area (Å²) in [6, 6.07) is 2.95. The molecule has 4 rings (SSSR count). The Kier molecular flexibility index (Phi) is 3.09. The average Bonchev–Trinajstić information content (AvgIpc) is 3.03. The summed E-state index contributed by atoms with van der Waals surface area (Å²) >= 11 is 3.19. The van der Waals surface area contributed by atoms with Crippen LogP contribution in [0.3, 0.4) is 0 Å². The number of pyridine rings is 1. The maximum atomic E-state index is 13.7. The Morgan fingerprint density at radius 3 is 2.95 bits per heavy atom. The van der Waals surface area contributed by atoms with Crippen molar-refractivity contribution in [2.75, 3.05) is 0 Å². The Labute approximate surface area is 132 Å². The van der Waals surface area contributed by atoms with Crippen LogP contribution in [-0.2, 0) is 0 Å². The highest BCUT2D eigenvalue weighted by Crippen LogP contribution is 2.34. The molecule has 114 valence electrons. The van der Waals surface area contributed by atoms with E-state index >= 15 is 0 Å². The maximum absolute atomic E-state index is 13.7. The average molecular weight is 366 g/mol. The van der Waals surface area contributed by atoms with Gasteiger partial charge < -0.3 is 10.1 Å². The number of aromatic amines is 1. The molecule has 2 heterocycles. The van der Waals surface area contributed by atoms with E-state index in [9.17, 15) is 14.3 Å². The van der Waals surface area contributed by atoms with Crippen LogP contribution < -0.4 is 5.69 Å². The van der Waals surface area contributed by atoms with Gasteiger partial charge in [-0.3, -0.25) is 9.55 Å². The molecular weight excluding hydrogens is 353 g/mol. The number of aromatic nitrogens is 3. The predicted molar refractivity (Wildman–Crippen MR) is 84.4 cm³/mol. The van der Waals surface area contributed by atoms with E-state index < -0.39 is 0 Å². The fraction of sp³-hybridized carbons (Fsp3) is 0.333. The number of benzene rings is 1. The lowest BCUT2D eigenvalue weighted by atomic mass is 10.1. The molecule has 0 amide bonds. The highest BCUT2D eigenvalue weighted by atomic mass is 79.9. The zero-order valence-corrected chi connectivity index (χ0v) is 13.1. The highest BCUT2D eigenvalue weighted by Gasteiger charge is 2.27. The lowest BCUT2D eigenvalue weighted by Gasteiger charge is -2.13. The second kappa shape index (κ2) is 4.89. The van der Waals surface area contributed by atoms with Gasteiger partial charge in [0.05, 0.1) is 33.3 Å². The van der Waals surface area contributed by atoms with Crippen molar-refractivity contribution in [3.63, 3.8) is 0 Å². The number of hydrogen-bond acceptors (Lipinski definition) is 3. The lowest BCUT2D eigenvalue weighted by molar-refractivity contribution is 0.178. The second-order valence-corrected chi connectivity index (χ2v) is 6.58. The van der Waals surface area contributed by atoms with Gasteiger partial charge in [0.1, 0.15) is 5.82 Å². The molecule has 1 aromatic carbocycles. The molecule has 0 aliphatic heterocycles. The van der Waals surface area contributed by atoms with Crippen molar-refractivity contribution < 1.29 is 9.50 Å². The predicted octanol–water partition coefficient (Wildman–Crippen LogP) is 2.87. The SMILES string of the molecule is O=c1[nH]c2cnc3cc(F)c(Br)cc3c2n1[C@@H]1CC[C@H](O)C1. The number of aliphatic hydroxyl groups excluding tert-OH is 1. The van der Waals surface area contributed by atoms with Crippen LogP contribution in [-0.4, -0.2) is 25.7 Å². The molecular formula is C15H13BrFN3O2. The molecule has 2 N–H and O–H groups in total. The third kappa shape index (κ3) is 1.99. The van der Waals surface area contributed by atoms with E-state index in [0.29, 0.717) is 33.7 Å². The third-order valence-electron chi connectivity index (χ3n) is 4.33. The molecule has 1 fully saturated rings. The van der Waals surface area contributed by atoms with Crippen LogP contribution in [0.25, 0.3) is 21.9 Å². The van der Waals surface area contributed by atoms with Crippen LogP contribution in [0.4, 0.5) is 4.39 Å². The standard InChI is InChI=1S/C15H13BrFN3O2/c16-10-4-9-12(5-11(10)17)18-6-13-14(9)20(15(22)19-13)7-1-2-8(21)3-7/h4-8,21H,1-3H2,(H,19,22)/t7-,8+/m1/s1. The molecule has 2 aromatic heterocycles. The minimum Gasteiger partial charge on any atom is -0.393 e. The number of fused-ring (bicyclic) bond motifs is 3. The summed E-state index contributed by atoms with van der Waals surface area (Å²) in [6.07, 6.45) is 3.16. The Morgan fingerprint density at radius 1 is 1.41 bits per heavy atom. The monoisotopic (exact) mass is 365 g/mol.